The van der Waals surface area contributed by atoms with Crippen molar-refractivity contribution in [2.45, 2.75) is 50.7 Å². The molecule has 4 aromatic carbocycles. The van der Waals surface area contributed by atoms with Crippen LogP contribution in [0.25, 0.3) is 0 Å². The zero-order valence-corrected chi connectivity index (χ0v) is 29.0. The van der Waals surface area contributed by atoms with Gasteiger partial charge in [0.1, 0.15) is 48.4 Å². The summed E-state index contributed by atoms with van der Waals surface area (Å²) in [4.78, 5) is 0. The van der Waals surface area contributed by atoms with E-state index in [9.17, 15) is 10.2 Å². The van der Waals surface area contributed by atoms with Crippen molar-refractivity contribution in [3.63, 3.8) is 0 Å². The molecule has 0 amide bonds. The van der Waals surface area contributed by atoms with E-state index >= 15 is 0 Å². The highest BCUT2D eigenvalue weighted by Crippen LogP contribution is 2.34. The van der Waals surface area contributed by atoms with Gasteiger partial charge in [-0.3, -0.25) is 0 Å². The van der Waals surface area contributed by atoms with E-state index in [1.807, 2.05) is 48.5 Å². The van der Waals surface area contributed by atoms with E-state index in [4.69, 9.17) is 29.2 Å². The Labute approximate surface area is 290 Å². The molecular formula is C40H51NO8. The summed E-state index contributed by atoms with van der Waals surface area (Å²) in [5, 5.41) is 37.7. The molecule has 4 aromatic rings. The minimum atomic E-state index is -0.151. The highest BCUT2D eigenvalue weighted by molar-refractivity contribution is 5.43. The molecule has 2 aliphatic heterocycles. The van der Waals surface area contributed by atoms with Crippen LogP contribution in [-0.2, 0) is 20.3 Å². The lowest BCUT2D eigenvalue weighted by Crippen LogP contribution is -2.21. The zero-order valence-electron chi connectivity index (χ0n) is 29.0. The lowest BCUT2D eigenvalue weighted by atomic mass is 9.78. The van der Waals surface area contributed by atoms with Crippen molar-refractivity contribution < 1.29 is 39.4 Å². The molecule has 2 aliphatic rings. The number of phenolic OH excluding ortho intramolecular Hbond substituents is 2. The van der Waals surface area contributed by atoms with Crippen molar-refractivity contribution in [1.29, 1.82) is 0 Å². The first-order valence-corrected chi connectivity index (χ1v) is 16.7. The van der Waals surface area contributed by atoms with E-state index in [1.165, 1.54) is 11.1 Å². The number of hydrogen-bond acceptors (Lipinski definition) is 9. The highest BCUT2D eigenvalue weighted by Gasteiger charge is 2.26. The van der Waals surface area contributed by atoms with Crippen molar-refractivity contribution in [3.05, 3.63) is 119 Å². The summed E-state index contributed by atoms with van der Waals surface area (Å²) in [5.74, 6) is 2.33. The molecule has 0 aliphatic carbocycles. The van der Waals surface area contributed by atoms with Crippen LogP contribution in [0.1, 0.15) is 49.9 Å². The lowest BCUT2D eigenvalue weighted by molar-refractivity contribution is 0.263. The number of aromatic hydroxyl groups is 2. The largest absolute Gasteiger partial charge is 0.508 e. The molecule has 0 saturated carbocycles. The third-order valence-corrected chi connectivity index (χ3v) is 8.58. The Balaban J connectivity index is 0.000000195. The zero-order chi connectivity index (χ0) is 35.3. The number of rotatable bonds is 14. The third-order valence-electron chi connectivity index (χ3n) is 8.58. The van der Waals surface area contributed by atoms with Gasteiger partial charge in [-0.1, -0.05) is 76.2 Å². The van der Waals surface area contributed by atoms with Crippen LogP contribution >= 0.6 is 0 Å². The van der Waals surface area contributed by atoms with E-state index in [0.29, 0.717) is 26.3 Å². The lowest BCUT2D eigenvalue weighted by Gasteiger charge is -2.26. The standard InChI is InChI=1S/C21H24O4.C15H16O2.C4H11NO2/c1-21(2,15-3-7-17(8-4-15)22-11-19-13-24-19)16-5-9-18(10-6-16)23-12-20-14-25-20;1-15(2,11-3-7-13(16)8-4-11)12-5-9-14(17)10-6-12;6-3-1-5-2-4-7/h3-10,19-20H,11-14H2,1-2H3;3-10,16-17H,1-2H3;5-7H,1-4H2. The van der Waals surface area contributed by atoms with Crippen molar-refractivity contribution in [1.82, 2.24) is 5.32 Å². The summed E-state index contributed by atoms with van der Waals surface area (Å²) >= 11 is 0. The number of ether oxygens (including phenoxy) is 4. The average Bonchev–Trinajstić information content (AvgIpc) is 4.05. The number of aliphatic hydroxyl groups is 2. The molecule has 0 radical (unpaired) electrons. The molecule has 5 N–H and O–H groups in total. The molecule has 9 heteroatoms. The molecule has 2 saturated heterocycles. The van der Waals surface area contributed by atoms with Crippen LogP contribution in [0.5, 0.6) is 23.0 Å². The van der Waals surface area contributed by atoms with E-state index in [1.54, 1.807) is 24.3 Å². The van der Waals surface area contributed by atoms with Crippen LogP contribution in [0.2, 0.25) is 0 Å². The Morgan fingerprint density at radius 2 is 0.837 bits per heavy atom. The Morgan fingerprint density at radius 3 is 1.10 bits per heavy atom. The van der Waals surface area contributed by atoms with Gasteiger partial charge in [0.15, 0.2) is 0 Å². The summed E-state index contributed by atoms with van der Waals surface area (Å²) in [6.07, 6.45) is 0.562. The number of hydrogen-bond donors (Lipinski definition) is 5. The first kappa shape index (κ1) is 37.7. The molecule has 2 atom stereocenters. The minimum absolute atomic E-state index is 0.0870. The summed E-state index contributed by atoms with van der Waals surface area (Å²) in [7, 11) is 0. The van der Waals surface area contributed by atoms with Crippen LogP contribution in [0.4, 0.5) is 0 Å². The van der Waals surface area contributed by atoms with Crippen LogP contribution in [0, 0.1) is 0 Å². The van der Waals surface area contributed by atoms with E-state index in [2.05, 4.69) is 57.3 Å². The van der Waals surface area contributed by atoms with Crippen molar-refractivity contribution in [2.75, 3.05) is 52.7 Å². The van der Waals surface area contributed by atoms with Gasteiger partial charge in [-0.15, -0.1) is 0 Å². The Hall–Kier alpha value is -4.12. The molecule has 2 heterocycles. The van der Waals surface area contributed by atoms with Gasteiger partial charge >= 0.3 is 0 Å². The van der Waals surface area contributed by atoms with E-state index in [0.717, 1.165) is 35.8 Å². The van der Waals surface area contributed by atoms with Crippen molar-refractivity contribution in [2.24, 2.45) is 0 Å². The molecule has 2 fully saturated rings. The normalized spacial score (nSPS) is 16.4. The topological polar surface area (TPSA) is 136 Å². The number of nitrogens with one attached hydrogen (secondary N) is 1. The molecular weight excluding hydrogens is 622 g/mol. The molecule has 0 bridgehead atoms. The second-order valence-electron chi connectivity index (χ2n) is 13.1. The Morgan fingerprint density at radius 1 is 0.551 bits per heavy atom. The first-order valence-electron chi connectivity index (χ1n) is 16.7. The SMILES string of the molecule is CC(C)(c1ccc(O)cc1)c1ccc(O)cc1.CC(C)(c1ccc(OCC2CO2)cc1)c1ccc(OCC2CO2)cc1.OCCNCCO. The van der Waals surface area contributed by atoms with Gasteiger partial charge in [0.25, 0.3) is 0 Å². The fourth-order valence-electron chi connectivity index (χ4n) is 5.02. The van der Waals surface area contributed by atoms with E-state index < -0.39 is 0 Å². The fraction of sp³-hybridized carbons (Fsp3) is 0.400. The van der Waals surface area contributed by atoms with Crippen LogP contribution in [0.3, 0.4) is 0 Å². The van der Waals surface area contributed by atoms with Crippen LogP contribution in [0.15, 0.2) is 97.1 Å². The smallest absolute Gasteiger partial charge is 0.119 e. The maximum atomic E-state index is 9.30. The van der Waals surface area contributed by atoms with Gasteiger partial charge in [0.05, 0.1) is 26.4 Å². The number of phenols is 2. The van der Waals surface area contributed by atoms with Gasteiger partial charge in [-0.05, 0) is 70.8 Å². The minimum Gasteiger partial charge on any atom is -0.508 e. The Bertz CT molecular complexity index is 1400. The first-order chi connectivity index (χ1) is 23.5. The van der Waals surface area contributed by atoms with E-state index in [-0.39, 0.29) is 47.8 Å². The van der Waals surface area contributed by atoms with Crippen molar-refractivity contribution in [3.8, 4) is 23.0 Å². The molecule has 264 valence electrons. The number of aliphatic hydroxyl groups excluding tert-OH is 2. The monoisotopic (exact) mass is 673 g/mol. The van der Waals surface area contributed by atoms with Gasteiger partial charge < -0.3 is 44.7 Å². The van der Waals surface area contributed by atoms with Gasteiger partial charge in [-0.2, -0.15) is 0 Å². The molecule has 0 spiro atoms. The highest BCUT2D eigenvalue weighted by atomic mass is 16.6. The van der Waals surface area contributed by atoms with Gasteiger partial charge in [0.2, 0.25) is 0 Å². The summed E-state index contributed by atoms with van der Waals surface area (Å²) in [5.41, 5.74) is 4.52. The molecule has 2 unspecified atom stereocenters. The Kier molecular flexibility index (Phi) is 13.9. The predicted molar refractivity (Wildman–Crippen MR) is 191 cm³/mol. The molecule has 9 nitrogen and oxygen atoms in total. The number of epoxide rings is 2. The number of benzene rings is 4. The molecule has 0 aromatic heterocycles. The maximum absolute atomic E-state index is 9.30. The van der Waals surface area contributed by atoms with Gasteiger partial charge in [-0.25, -0.2) is 0 Å². The molecule has 49 heavy (non-hydrogen) atoms. The maximum Gasteiger partial charge on any atom is 0.119 e. The summed E-state index contributed by atoms with van der Waals surface area (Å²) in [6.45, 7) is 13.0. The fourth-order valence-corrected chi connectivity index (χ4v) is 5.02. The quantitative estimate of drug-likeness (QED) is 0.0862. The van der Waals surface area contributed by atoms with Crippen LogP contribution < -0.4 is 14.8 Å². The second-order valence-corrected chi connectivity index (χ2v) is 13.1. The van der Waals surface area contributed by atoms with Crippen LogP contribution in [-0.4, -0.2) is 85.4 Å². The average molecular weight is 674 g/mol. The summed E-state index contributed by atoms with van der Waals surface area (Å²) < 4.78 is 21.8. The predicted octanol–water partition coefficient (Wildman–Crippen LogP) is 5.55. The third kappa shape index (κ3) is 12.1. The van der Waals surface area contributed by atoms with Crippen molar-refractivity contribution >= 4 is 0 Å². The van der Waals surface area contributed by atoms with Gasteiger partial charge in [0, 0.05) is 23.9 Å². The second kappa shape index (κ2) is 18.0. The molecule has 6 rings (SSSR count). The summed E-state index contributed by atoms with van der Waals surface area (Å²) in [6, 6.07) is 31.1.